The average molecular weight is 224 g/mol. The fourth-order valence-electron chi connectivity index (χ4n) is 4.88. The molecule has 0 aromatic carbocycles. The summed E-state index contributed by atoms with van der Waals surface area (Å²) < 4.78 is 0. The molecule has 0 atom stereocenters. The molecular formula is C14H24O2. The fourth-order valence-corrected chi connectivity index (χ4v) is 4.88. The largest absolute Gasteiger partial charge is 0.483 e. The third kappa shape index (κ3) is 1.99. The van der Waals surface area contributed by atoms with Gasteiger partial charge in [-0.3, -0.25) is 4.79 Å². The monoisotopic (exact) mass is 224 g/mol. The molecule has 1 N–H and O–H groups in total. The van der Waals surface area contributed by atoms with Gasteiger partial charge in [-0.1, -0.05) is 13.8 Å². The van der Waals surface area contributed by atoms with Crippen LogP contribution in [0.1, 0.15) is 52.4 Å². The molecule has 4 bridgehead atoms. The first-order valence-electron chi connectivity index (χ1n) is 6.67. The number of hydrogen-bond donors (Lipinski definition) is 1. The molecule has 2 heteroatoms. The molecule has 4 saturated carbocycles. The highest BCUT2D eigenvalue weighted by molar-refractivity contribution is 5.32. The molecule has 16 heavy (non-hydrogen) atoms. The van der Waals surface area contributed by atoms with Crippen molar-refractivity contribution in [2.24, 2.45) is 29.1 Å². The van der Waals surface area contributed by atoms with Crippen molar-refractivity contribution in [3.8, 4) is 0 Å². The Bertz CT molecular complexity index is 222. The van der Waals surface area contributed by atoms with Crippen molar-refractivity contribution < 1.29 is 9.90 Å². The van der Waals surface area contributed by atoms with Crippen LogP contribution in [-0.2, 0) is 4.79 Å². The zero-order valence-electron chi connectivity index (χ0n) is 10.5. The molecule has 0 aliphatic heterocycles. The van der Waals surface area contributed by atoms with E-state index in [1.807, 2.05) is 0 Å². The third-order valence-corrected chi connectivity index (χ3v) is 5.31. The molecule has 0 aromatic heterocycles. The molecule has 0 heterocycles. The lowest BCUT2D eigenvalue weighted by Gasteiger charge is -2.58. The summed E-state index contributed by atoms with van der Waals surface area (Å²) in [7, 11) is 0. The maximum Gasteiger partial charge on any atom is 0.290 e. The molecule has 0 radical (unpaired) electrons. The van der Waals surface area contributed by atoms with Gasteiger partial charge < -0.3 is 5.11 Å². The molecule has 2 nitrogen and oxygen atoms in total. The summed E-state index contributed by atoms with van der Waals surface area (Å²) in [5.41, 5.74) is 0.800. The Kier molecular flexibility index (Phi) is 3.27. The van der Waals surface area contributed by atoms with E-state index in [9.17, 15) is 0 Å². The van der Waals surface area contributed by atoms with Crippen molar-refractivity contribution in [2.45, 2.75) is 52.4 Å². The minimum atomic E-state index is -0.250. The topological polar surface area (TPSA) is 37.3 Å². The number of rotatable bonds is 1. The van der Waals surface area contributed by atoms with Crippen LogP contribution in [0.4, 0.5) is 0 Å². The Labute approximate surface area is 98.4 Å². The van der Waals surface area contributed by atoms with Crippen molar-refractivity contribution in [1.29, 1.82) is 0 Å². The summed E-state index contributed by atoms with van der Waals surface area (Å²) >= 11 is 0. The van der Waals surface area contributed by atoms with Gasteiger partial charge in [-0.05, 0) is 67.6 Å². The lowest BCUT2D eigenvalue weighted by Crippen LogP contribution is -2.48. The molecule has 0 amide bonds. The van der Waals surface area contributed by atoms with E-state index in [4.69, 9.17) is 9.90 Å². The van der Waals surface area contributed by atoms with Crippen LogP contribution in [0.15, 0.2) is 0 Å². The minimum Gasteiger partial charge on any atom is -0.483 e. The second-order valence-corrected chi connectivity index (χ2v) is 6.54. The number of hydrogen-bond acceptors (Lipinski definition) is 1. The minimum absolute atomic E-state index is 0.250. The molecule has 0 saturated heterocycles. The third-order valence-electron chi connectivity index (χ3n) is 5.31. The molecule has 92 valence electrons. The van der Waals surface area contributed by atoms with Crippen LogP contribution in [0, 0.1) is 29.1 Å². The summed E-state index contributed by atoms with van der Waals surface area (Å²) in [6, 6.07) is 0. The molecule has 4 fully saturated rings. The van der Waals surface area contributed by atoms with Crippen LogP contribution in [0.2, 0.25) is 0 Å². The average Bonchev–Trinajstić information content (AvgIpc) is 2.16. The number of carbonyl (C=O) groups is 1. The summed E-state index contributed by atoms with van der Waals surface area (Å²) in [4.78, 5) is 8.36. The van der Waals surface area contributed by atoms with E-state index in [1.54, 1.807) is 38.5 Å². The molecule has 4 aliphatic carbocycles. The lowest BCUT2D eigenvalue weighted by molar-refractivity contribution is -0.122. The Hall–Kier alpha value is -0.530. The van der Waals surface area contributed by atoms with Gasteiger partial charge in [0.1, 0.15) is 0 Å². The molecule has 0 aromatic rings. The first-order valence-corrected chi connectivity index (χ1v) is 6.67. The van der Waals surface area contributed by atoms with Crippen molar-refractivity contribution in [1.82, 2.24) is 0 Å². The van der Waals surface area contributed by atoms with E-state index in [1.165, 1.54) is 0 Å². The summed E-state index contributed by atoms with van der Waals surface area (Å²) in [6.07, 6.45) is 9.51. The maximum absolute atomic E-state index is 8.36. The van der Waals surface area contributed by atoms with E-state index >= 15 is 0 Å². The standard InChI is InChI=1S/C13H22.CH2O2/c1-9(2)13-6-10-3-11(7-13)5-12(4-10)8-13;2-1-3/h9-12H,3-8H2,1-2H3;1H,(H,2,3). The van der Waals surface area contributed by atoms with E-state index in [0.29, 0.717) is 0 Å². The van der Waals surface area contributed by atoms with Gasteiger partial charge in [-0.15, -0.1) is 0 Å². The molecule has 0 unspecified atom stereocenters. The Balaban J connectivity index is 0.000000292. The number of carboxylic acid groups (broad SMARTS) is 1. The van der Waals surface area contributed by atoms with E-state index < -0.39 is 0 Å². The lowest BCUT2D eigenvalue weighted by atomic mass is 9.47. The van der Waals surface area contributed by atoms with Gasteiger partial charge >= 0.3 is 0 Å². The highest BCUT2D eigenvalue weighted by Gasteiger charge is 2.51. The van der Waals surface area contributed by atoms with E-state index in [-0.39, 0.29) is 6.47 Å². The highest BCUT2D eigenvalue weighted by atomic mass is 16.3. The molecule has 4 rings (SSSR count). The second-order valence-electron chi connectivity index (χ2n) is 6.54. The van der Waals surface area contributed by atoms with Gasteiger partial charge in [0.15, 0.2) is 0 Å². The Morgan fingerprint density at radius 2 is 1.38 bits per heavy atom. The van der Waals surface area contributed by atoms with Gasteiger partial charge in [0.25, 0.3) is 6.47 Å². The van der Waals surface area contributed by atoms with Gasteiger partial charge in [0.05, 0.1) is 0 Å². The quantitative estimate of drug-likeness (QED) is 0.691. The van der Waals surface area contributed by atoms with Crippen LogP contribution in [0.3, 0.4) is 0 Å². The molecule has 4 aliphatic rings. The van der Waals surface area contributed by atoms with Gasteiger partial charge in [0, 0.05) is 0 Å². The van der Waals surface area contributed by atoms with Crippen molar-refractivity contribution >= 4 is 6.47 Å². The highest BCUT2D eigenvalue weighted by Crippen LogP contribution is 2.62. The van der Waals surface area contributed by atoms with Crippen LogP contribution in [0.25, 0.3) is 0 Å². The predicted octanol–water partition coefficient (Wildman–Crippen LogP) is 3.56. The Morgan fingerprint density at radius 3 is 1.62 bits per heavy atom. The first kappa shape index (κ1) is 11.9. The van der Waals surface area contributed by atoms with Gasteiger partial charge in [0.2, 0.25) is 0 Å². The second kappa shape index (κ2) is 4.38. The van der Waals surface area contributed by atoms with Gasteiger partial charge in [-0.2, -0.15) is 0 Å². The van der Waals surface area contributed by atoms with Crippen molar-refractivity contribution in [2.75, 3.05) is 0 Å². The zero-order chi connectivity index (χ0) is 11.8. The van der Waals surface area contributed by atoms with Crippen molar-refractivity contribution in [3.05, 3.63) is 0 Å². The Morgan fingerprint density at radius 1 is 1.06 bits per heavy atom. The fraction of sp³-hybridized carbons (Fsp3) is 0.929. The smallest absolute Gasteiger partial charge is 0.290 e. The van der Waals surface area contributed by atoms with Crippen molar-refractivity contribution in [3.63, 3.8) is 0 Å². The summed E-state index contributed by atoms with van der Waals surface area (Å²) in [5.74, 6) is 4.34. The van der Waals surface area contributed by atoms with Gasteiger partial charge in [-0.25, -0.2) is 0 Å². The maximum atomic E-state index is 8.36. The summed E-state index contributed by atoms with van der Waals surface area (Å²) in [5, 5.41) is 6.89. The predicted molar refractivity (Wildman–Crippen MR) is 64.1 cm³/mol. The van der Waals surface area contributed by atoms with E-state index in [0.717, 1.165) is 29.1 Å². The normalized spacial score (nSPS) is 44.1. The van der Waals surface area contributed by atoms with Crippen LogP contribution >= 0.6 is 0 Å². The van der Waals surface area contributed by atoms with Crippen LogP contribution in [0.5, 0.6) is 0 Å². The summed E-state index contributed by atoms with van der Waals surface area (Å²) in [6.45, 7) is 4.68. The zero-order valence-corrected chi connectivity index (χ0v) is 10.5. The van der Waals surface area contributed by atoms with Crippen LogP contribution in [-0.4, -0.2) is 11.6 Å². The first-order chi connectivity index (χ1) is 7.59. The SMILES string of the molecule is CC(C)C12CC3CC(CC(C3)C1)C2.O=CO. The molecule has 0 spiro atoms. The van der Waals surface area contributed by atoms with Crippen LogP contribution < -0.4 is 0 Å². The molecular weight excluding hydrogens is 200 g/mol. The van der Waals surface area contributed by atoms with E-state index in [2.05, 4.69) is 13.8 Å².